The molecule has 1 N–H and O–H groups in total. The smallest absolute Gasteiger partial charge is 0.285 e. The number of methoxy groups -OCH3 is 1. The van der Waals surface area contributed by atoms with Gasteiger partial charge < -0.3 is 9.47 Å². The van der Waals surface area contributed by atoms with Gasteiger partial charge in [-0.2, -0.15) is 5.01 Å². The topological polar surface area (TPSA) is 67.9 Å². The van der Waals surface area contributed by atoms with Crippen LogP contribution in [0.3, 0.4) is 0 Å². The molecule has 0 bridgehead atoms. The van der Waals surface area contributed by atoms with E-state index >= 15 is 0 Å². The van der Waals surface area contributed by atoms with Crippen LogP contribution in [-0.4, -0.2) is 28.3 Å². The number of thiocarbonyl (C=S) groups is 1. The van der Waals surface area contributed by atoms with Crippen LogP contribution < -0.4 is 14.9 Å². The molecule has 0 aliphatic carbocycles. The predicted octanol–water partition coefficient (Wildman–Crippen LogP) is 5.03. The number of hydrogen-bond donors (Lipinski definition) is 1. The van der Waals surface area contributed by atoms with Gasteiger partial charge in [-0.05, 0) is 72.4 Å². The van der Waals surface area contributed by atoms with E-state index in [4.69, 9.17) is 21.7 Å². The maximum Gasteiger partial charge on any atom is 0.285 e. The van der Waals surface area contributed by atoms with E-state index in [-0.39, 0.29) is 4.32 Å². The van der Waals surface area contributed by atoms with E-state index in [1.807, 2.05) is 54.6 Å². The van der Waals surface area contributed by atoms with Crippen LogP contribution in [-0.2, 0) is 4.79 Å². The Balaban J connectivity index is 1.47. The van der Waals surface area contributed by atoms with E-state index in [0.717, 1.165) is 28.1 Å². The first kappa shape index (κ1) is 21.6. The highest BCUT2D eigenvalue weighted by Gasteiger charge is 2.33. The highest BCUT2D eigenvalue weighted by molar-refractivity contribution is 8.26. The van der Waals surface area contributed by atoms with Crippen LogP contribution in [0.25, 0.3) is 6.08 Å². The van der Waals surface area contributed by atoms with Crippen LogP contribution in [0.5, 0.6) is 17.2 Å². The van der Waals surface area contributed by atoms with Crippen LogP contribution in [0.1, 0.15) is 15.9 Å². The van der Waals surface area contributed by atoms with Crippen molar-refractivity contribution in [3.05, 3.63) is 94.9 Å². The van der Waals surface area contributed by atoms with E-state index in [9.17, 15) is 9.59 Å². The van der Waals surface area contributed by atoms with Crippen molar-refractivity contribution < 1.29 is 19.1 Å². The molecule has 0 spiro atoms. The van der Waals surface area contributed by atoms with Crippen molar-refractivity contribution in [1.29, 1.82) is 0 Å². The number of benzene rings is 3. The Kier molecular flexibility index (Phi) is 6.53. The summed E-state index contributed by atoms with van der Waals surface area (Å²) in [4.78, 5) is 25.8. The van der Waals surface area contributed by atoms with Gasteiger partial charge in [0.15, 0.2) is 4.32 Å². The number of para-hydroxylation sites is 1. The molecule has 8 heteroatoms. The highest BCUT2D eigenvalue weighted by Crippen LogP contribution is 2.32. The van der Waals surface area contributed by atoms with Crippen LogP contribution in [0.15, 0.2) is 83.8 Å². The molecular formula is C24H18N2O4S2. The number of rotatable bonds is 6. The van der Waals surface area contributed by atoms with Gasteiger partial charge in [-0.25, -0.2) is 0 Å². The van der Waals surface area contributed by atoms with Gasteiger partial charge in [0.1, 0.15) is 17.2 Å². The van der Waals surface area contributed by atoms with Crippen molar-refractivity contribution in [2.24, 2.45) is 0 Å². The molecule has 4 rings (SSSR count). The summed E-state index contributed by atoms with van der Waals surface area (Å²) < 4.78 is 11.2. The third kappa shape index (κ3) is 4.99. The lowest BCUT2D eigenvalue weighted by Crippen LogP contribution is -2.44. The minimum absolute atomic E-state index is 0.250. The number of thioether (sulfide) groups is 1. The number of nitrogens with zero attached hydrogens (tertiary/aromatic N) is 1. The molecule has 1 fully saturated rings. The fourth-order valence-electron chi connectivity index (χ4n) is 2.92. The van der Waals surface area contributed by atoms with E-state index in [1.54, 1.807) is 37.5 Å². The third-order valence-electron chi connectivity index (χ3n) is 4.49. The fraction of sp³-hybridized carbons (Fsp3) is 0.0417. The minimum atomic E-state index is -0.441. The first-order valence-electron chi connectivity index (χ1n) is 9.59. The lowest BCUT2D eigenvalue weighted by Gasteiger charge is -2.15. The van der Waals surface area contributed by atoms with Gasteiger partial charge in [-0.1, -0.05) is 42.1 Å². The minimum Gasteiger partial charge on any atom is -0.497 e. The standard InChI is InChI=1S/C24H18N2O4S2/c1-29-18-12-10-17(11-13-18)22(27)25-26-23(28)21(32-24(26)31)15-16-6-5-9-20(14-16)30-19-7-3-2-4-8-19/h2-15H,1H3,(H,25,27)/b21-15+. The number of amides is 2. The molecule has 0 atom stereocenters. The molecule has 6 nitrogen and oxygen atoms in total. The number of hydrogen-bond acceptors (Lipinski definition) is 6. The van der Waals surface area contributed by atoms with Gasteiger partial charge in [0.05, 0.1) is 12.0 Å². The van der Waals surface area contributed by atoms with Crippen LogP contribution in [0.2, 0.25) is 0 Å². The molecule has 160 valence electrons. The second-order valence-electron chi connectivity index (χ2n) is 6.67. The zero-order valence-electron chi connectivity index (χ0n) is 17.0. The number of nitrogens with one attached hydrogen (secondary N) is 1. The molecule has 2 amide bonds. The third-order valence-corrected chi connectivity index (χ3v) is 5.80. The molecule has 1 saturated heterocycles. The Morgan fingerprint density at radius 1 is 0.969 bits per heavy atom. The maximum absolute atomic E-state index is 12.8. The summed E-state index contributed by atoms with van der Waals surface area (Å²) in [7, 11) is 1.55. The van der Waals surface area contributed by atoms with Crippen LogP contribution in [0.4, 0.5) is 0 Å². The first-order chi connectivity index (χ1) is 15.5. The van der Waals surface area contributed by atoms with E-state index in [1.165, 1.54) is 0 Å². The van der Waals surface area contributed by atoms with Crippen molar-refractivity contribution in [2.45, 2.75) is 0 Å². The van der Waals surface area contributed by atoms with Crippen LogP contribution in [0, 0.1) is 0 Å². The monoisotopic (exact) mass is 462 g/mol. The van der Waals surface area contributed by atoms with Gasteiger partial charge >= 0.3 is 0 Å². The van der Waals surface area contributed by atoms with Crippen molar-refractivity contribution in [3.8, 4) is 17.2 Å². The molecule has 0 unspecified atom stereocenters. The summed E-state index contributed by atoms with van der Waals surface area (Å²) in [5, 5.41) is 1.09. The van der Waals surface area contributed by atoms with Gasteiger partial charge in [-0.15, -0.1) is 0 Å². The fourth-order valence-corrected chi connectivity index (χ4v) is 4.10. The summed E-state index contributed by atoms with van der Waals surface area (Å²) in [6.07, 6.45) is 1.72. The Bertz CT molecular complexity index is 1190. The zero-order valence-corrected chi connectivity index (χ0v) is 18.6. The molecule has 1 aliphatic rings. The molecular weight excluding hydrogens is 444 g/mol. The Hall–Kier alpha value is -3.62. The van der Waals surface area contributed by atoms with Crippen molar-refractivity contribution in [3.63, 3.8) is 0 Å². The van der Waals surface area contributed by atoms with Gasteiger partial charge in [0, 0.05) is 5.56 Å². The zero-order chi connectivity index (χ0) is 22.5. The summed E-state index contributed by atoms with van der Waals surface area (Å²) in [6, 6.07) is 23.4. The van der Waals surface area contributed by atoms with Crippen molar-refractivity contribution in [1.82, 2.24) is 10.4 Å². The SMILES string of the molecule is COc1ccc(C(=O)NN2C(=O)/C(=C\c3cccc(Oc4ccccc4)c3)SC2=S)cc1. The average molecular weight is 463 g/mol. The number of hydrazine groups is 1. The highest BCUT2D eigenvalue weighted by atomic mass is 32.2. The number of carbonyl (C=O) groups is 2. The molecule has 32 heavy (non-hydrogen) atoms. The number of carbonyl (C=O) groups excluding carboxylic acids is 2. The lowest BCUT2D eigenvalue weighted by molar-refractivity contribution is -0.123. The van der Waals surface area contributed by atoms with Crippen molar-refractivity contribution in [2.75, 3.05) is 7.11 Å². The van der Waals surface area contributed by atoms with Crippen LogP contribution >= 0.6 is 24.0 Å². The molecule has 0 saturated carbocycles. The summed E-state index contributed by atoms with van der Waals surface area (Å²) in [6.45, 7) is 0. The Labute approximate surface area is 194 Å². The maximum atomic E-state index is 12.8. The largest absolute Gasteiger partial charge is 0.497 e. The summed E-state index contributed by atoms with van der Waals surface area (Å²) in [5.74, 6) is 1.17. The Morgan fingerprint density at radius 2 is 1.69 bits per heavy atom. The van der Waals surface area contributed by atoms with E-state index in [0.29, 0.717) is 22.0 Å². The summed E-state index contributed by atoms with van der Waals surface area (Å²) in [5.41, 5.74) is 3.73. The van der Waals surface area contributed by atoms with Gasteiger partial charge in [-0.3, -0.25) is 15.0 Å². The second-order valence-corrected chi connectivity index (χ2v) is 8.35. The molecule has 3 aromatic rings. The molecule has 1 heterocycles. The lowest BCUT2D eigenvalue weighted by atomic mass is 10.2. The molecule has 0 aromatic heterocycles. The van der Waals surface area contributed by atoms with Crippen molar-refractivity contribution >= 4 is 46.2 Å². The molecule has 1 aliphatic heterocycles. The normalized spacial score (nSPS) is 14.5. The number of ether oxygens (including phenoxy) is 2. The molecule has 0 radical (unpaired) electrons. The molecule has 3 aromatic carbocycles. The van der Waals surface area contributed by atoms with E-state index < -0.39 is 11.8 Å². The predicted molar refractivity (Wildman–Crippen MR) is 128 cm³/mol. The summed E-state index contributed by atoms with van der Waals surface area (Å²) >= 11 is 6.42. The second kappa shape index (κ2) is 9.67. The quantitative estimate of drug-likeness (QED) is 0.409. The average Bonchev–Trinajstić information content (AvgIpc) is 3.07. The first-order valence-corrected chi connectivity index (χ1v) is 10.8. The van der Waals surface area contributed by atoms with Gasteiger partial charge in [0.25, 0.3) is 11.8 Å². The Morgan fingerprint density at radius 3 is 2.41 bits per heavy atom. The van der Waals surface area contributed by atoms with Gasteiger partial charge in [0.2, 0.25) is 0 Å². The van der Waals surface area contributed by atoms with E-state index in [2.05, 4.69) is 5.43 Å².